The highest BCUT2D eigenvalue weighted by Gasteiger charge is 2.30. The van der Waals surface area contributed by atoms with Crippen molar-refractivity contribution in [3.63, 3.8) is 0 Å². The number of methoxy groups -OCH3 is 1. The number of carbonyl (C=O) groups is 1. The number of hydrogen-bond acceptors (Lipinski definition) is 5. The van der Waals surface area contributed by atoms with E-state index in [4.69, 9.17) is 9.47 Å². The number of carbonyl (C=O) groups excluding carboxylic acids is 1. The quantitative estimate of drug-likeness (QED) is 0.689. The van der Waals surface area contributed by atoms with Crippen molar-refractivity contribution in [3.8, 4) is 11.5 Å². The summed E-state index contributed by atoms with van der Waals surface area (Å²) in [5.41, 5.74) is 0.909. The number of nitrogens with zero attached hydrogens (tertiary/aromatic N) is 2. The Balaban J connectivity index is 1.56. The standard InChI is InChI=1S/C21H26N2O5S/c1-3-28-19-6-4-17(5-7-19)16-21(24)22-12-14-23(15-13-22)29(25,26)20-10-8-18(27-2)9-11-20/h4-11H,3,12-16H2,1-2H3. The fourth-order valence-electron chi connectivity index (χ4n) is 3.23. The number of rotatable bonds is 7. The highest BCUT2D eigenvalue weighted by molar-refractivity contribution is 7.89. The van der Waals surface area contributed by atoms with Gasteiger partial charge < -0.3 is 14.4 Å². The lowest BCUT2D eigenvalue weighted by Gasteiger charge is -2.34. The van der Waals surface area contributed by atoms with E-state index in [9.17, 15) is 13.2 Å². The first kappa shape index (κ1) is 21.1. The van der Waals surface area contributed by atoms with Crippen LogP contribution in [0, 0.1) is 0 Å². The molecular formula is C21H26N2O5S. The lowest BCUT2D eigenvalue weighted by Crippen LogP contribution is -2.50. The summed E-state index contributed by atoms with van der Waals surface area (Å²) in [5, 5.41) is 0. The van der Waals surface area contributed by atoms with Crippen LogP contribution in [-0.2, 0) is 21.2 Å². The van der Waals surface area contributed by atoms with Crippen molar-refractivity contribution in [2.45, 2.75) is 18.2 Å². The largest absolute Gasteiger partial charge is 0.497 e. The summed E-state index contributed by atoms with van der Waals surface area (Å²) >= 11 is 0. The molecule has 0 unspecified atom stereocenters. The molecule has 156 valence electrons. The SMILES string of the molecule is CCOc1ccc(CC(=O)N2CCN(S(=O)(=O)c3ccc(OC)cc3)CC2)cc1. The van der Waals surface area contributed by atoms with Gasteiger partial charge in [0.15, 0.2) is 0 Å². The molecule has 29 heavy (non-hydrogen) atoms. The van der Waals surface area contributed by atoms with Crippen molar-refractivity contribution in [2.24, 2.45) is 0 Å². The molecule has 1 amide bonds. The number of benzene rings is 2. The predicted molar refractivity (Wildman–Crippen MR) is 110 cm³/mol. The Morgan fingerprint density at radius 1 is 0.931 bits per heavy atom. The second-order valence-corrected chi connectivity index (χ2v) is 8.65. The van der Waals surface area contributed by atoms with Gasteiger partial charge in [-0.25, -0.2) is 8.42 Å². The van der Waals surface area contributed by atoms with Gasteiger partial charge in [0.1, 0.15) is 11.5 Å². The summed E-state index contributed by atoms with van der Waals surface area (Å²) < 4.78 is 37.5. The maximum Gasteiger partial charge on any atom is 0.243 e. The van der Waals surface area contributed by atoms with E-state index in [2.05, 4.69) is 0 Å². The summed E-state index contributed by atoms with van der Waals surface area (Å²) in [6.45, 7) is 3.84. The van der Waals surface area contributed by atoms with E-state index in [1.54, 1.807) is 17.0 Å². The molecule has 8 heteroatoms. The molecule has 7 nitrogen and oxygen atoms in total. The molecule has 2 aromatic carbocycles. The fraction of sp³-hybridized carbons (Fsp3) is 0.381. The molecule has 0 radical (unpaired) electrons. The van der Waals surface area contributed by atoms with Gasteiger partial charge >= 0.3 is 0 Å². The average molecular weight is 419 g/mol. The van der Waals surface area contributed by atoms with Gasteiger partial charge in [-0.2, -0.15) is 4.31 Å². The fourth-order valence-corrected chi connectivity index (χ4v) is 4.65. The molecule has 3 rings (SSSR count). The monoisotopic (exact) mass is 418 g/mol. The van der Waals surface area contributed by atoms with Gasteiger partial charge in [-0.15, -0.1) is 0 Å². The smallest absolute Gasteiger partial charge is 0.243 e. The van der Waals surface area contributed by atoms with E-state index < -0.39 is 10.0 Å². The molecule has 0 atom stereocenters. The Morgan fingerprint density at radius 2 is 1.52 bits per heavy atom. The van der Waals surface area contributed by atoms with Crippen LogP contribution in [-0.4, -0.2) is 63.4 Å². The minimum Gasteiger partial charge on any atom is -0.497 e. The normalized spacial score (nSPS) is 15.2. The molecule has 1 aliphatic rings. The average Bonchev–Trinajstić information content (AvgIpc) is 2.75. The van der Waals surface area contributed by atoms with Gasteiger partial charge in [-0.3, -0.25) is 4.79 Å². The molecule has 1 fully saturated rings. The topological polar surface area (TPSA) is 76.2 Å². The number of amides is 1. The Hall–Kier alpha value is -2.58. The molecule has 0 aliphatic carbocycles. The molecule has 0 saturated carbocycles. The molecule has 0 spiro atoms. The van der Waals surface area contributed by atoms with E-state index >= 15 is 0 Å². The lowest BCUT2D eigenvalue weighted by atomic mass is 10.1. The minimum atomic E-state index is -3.58. The van der Waals surface area contributed by atoms with E-state index in [-0.39, 0.29) is 30.3 Å². The Bertz CT molecular complexity index is 919. The molecular weight excluding hydrogens is 392 g/mol. The third kappa shape index (κ3) is 5.07. The van der Waals surface area contributed by atoms with E-state index in [1.807, 2.05) is 31.2 Å². The van der Waals surface area contributed by atoms with Crippen LogP contribution in [0.15, 0.2) is 53.4 Å². The van der Waals surface area contributed by atoms with Crippen molar-refractivity contribution >= 4 is 15.9 Å². The molecule has 1 heterocycles. The summed E-state index contributed by atoms with van der Waals surface area (Å²) in [6, 6.07) is 13.8. The zero-order valence-electron chi connectivity index (χ0n) is 16.7. The molecule has 1 saturated heterocycles. The van der Waals surface area contributed by atoms with Crippen LogP contribution in [0.2, 0.25) is 0 Å². The highest BCUT2D eigenvalue weighted by atomic mass is 32.2. The van der Waals surface area contributed by atoms with Gasteiger partial charge in [0.25, 0.3) is 0 Å². The lowest BCUT2D eigenvalue weighted by molar-refractivity contribution is -0.131. The number of ether oxygens (including phenoxy) is 2. The van der Waals surface area contributed by atoms with Gasteiger partial charge in [-0.05, 0) is 48.9 Å². The minimum absolute atomic E-state index is 0.00402. The van der Waals surface area contributed by atoms with E-state index in [0.29, 0.717) is 25.4 Å². The predicted octanol–water partition coefficient (Wildman–Crippen LogP) is 2.17. The van der Waals surface area contributed by atoms with Crippen LogP contribution in [0.4, 0.5) is 0 Å². The molecule has 2 aromatic rings. The second-order valence-electron chi connectivity index (χ2n) is 6.71. The molecule has 0 aromatic heterocycles. The van der Waals surface area contributed by atoms with Crippen LogP contribution >= 0.6 is 0 Å². The summed E-state index contributed by atoms with van der Waals surface area (Å²) in [5.74, 6) is 1.38. The van der Waals surface area contributed by atoms with Crippen molar-refractivity contribution in [3.05, 3.63) is 54.1 Å². The van der Waals surface area contributed by atoms with Crippen LogP contribution < -0.4 is 9.47 Å². The first-order chi connectivity index (χ1) is 13.9. The summed E-state index contributed by atoms with van der Waals surface area (Å²) in [7, 11) is -2.04. The second kappa shape index (κ2) is 9.28. The van der Waals surface area contributed by atoms with Gasteiger partial charge in [0.05, 0.1) is 25.0 Å². The third-order valence-corrected chi connectivity index (χ3v) is 6.79. The zero-order chi connectivity index (χ0) is 20.9. The van der Waals surface area contributed by atoms with Gasteiger partial charge in [-0.1, -0.05) is 12.1 Å². The third-order valence-electron chi connectivity index (χ3n) is 4.88. The van der Waals surface area contributed by atoms with Crippen LogP contribution in [0.1, 0.15) is 12.5 Å². The van der Waals surface area contributed by atoms with Crippen molar-refractivity contribution < 1.29 is 22.7 Å². The number of piperazine rings is 1. The maximum absolute atomic E-state index is 12.8. The van der Waals surface area contributed by atoms with Crippen LogP contribution in [0.3, 0.4) is 0 Å². The Kier molecular flexibility index (Phi) is 6.76. The van der Waals surface area contributed by atoms with E-state index in [1.165, 1.54) is 23.5 Å². The molecule has 1 aliphatic heterocycles. The number of hydrogen-bond donors (Lipinski definition) is 0. The van der Waals surface area contributed by atoms with Crippen LogP contribution in [0.5, 0.6) is 11.5 Å². The molecule has 0 bridgehead atoms. The van der Waals surface area contributed by atoms with Crippen LogP contribution in [0.25, 0.3) is 0 Å². The zero-order valence-corrected chi connectivity index (χ0v) is 17.5. The van der Waals surface area contributed by atoms with Crippen molar-refractivity contribution in [1.29, 1.82) is 0 Å². The maximum atomic E-state index is 12.8. The highest BCUT2D eigenvalue weighted by Crippen LogP contribution is 2.21. The van der Waals surface area contributed by atoms with Gasteiger partial charge in [0.2, 0.25) is 15.9 Å². The first-order valence-electron chi connectivity index (χ1n) is 9.57. The van der Waals surface area contributed by atoms with Crippen molar-refractivity contribution in [1.82, 2.24) is 9.21 Å². The van der Waals surface area contributed by atoms with Gasteiger partial charge in [0, 0.05) is 26.2 Å². The number of sulfonamides is 1. The Morgan fingerprint density at radius 3 is 2.07 bits per heavy atom. The first-order valence-corrected chi connectivity index (χ1v) is 11.0. The molecule has 0 N–H and O–H groups in total. The summed E-state index contributed by atoms with van der Waals surface area (Å²) in [4.78, 5) is 14.5. The van der Waals surface area contributed by atoms with Crippen molar-refractivity contribution in [2.75, 3.05) is 39.9 Å². The van der Waals surface area contributed by atoms with E-state index in [0.717, 1.165) is 11.3 Å². The summed E-state index contributed by atoms with van der Waals surface area (Å²) in [6.07, 6.45) is 0.289. The Labute approximate surface area is 171 Å².